The van der Waals surface area contributed by atoms with E-state index in [1.807, 2.05) is 12.1 Å². The van der Waals surface area contributed by atoms with E-state index in [9.17, 15) is 4.79 Å². The minimum Gasteiger partial charge on any atom is -0.465 e. The quantitative estimate of drug-likeness (QED) is 0.810. The van der Waals surface area contributed by atoms with Crippen molar-refractivity contribution in [1.82, 2.24) is 9.97 Å². The highest BCUT2D eigenvalue weighted by Gasteiger charge is 2.05. The predicted molar refractivity (Wildman–Crippen MR) is 77.8 cm³/mol. The van der Waals surface area contributed by atoms with Crippen LogP contribution in [0.15, 0.2) is 30.6 Å². The predicted octanol–water partition coefficient (Wildman–Crippen LogP) is 3.56. The molecule has 0 spiro atoms. The zero-order chi connectivity index (χ0) is 14.5. The van der Waals surface area contributed by atoms with Gasteiger partial charge in [-0.15, -0.1) is 0 Å². The molecule has 0 N–H and O–H groups in total. The third kappa shape index (κ3) is 3.92. The molecule has 0 aliphatic carbocycles. The zero-order valence-electron chi connectivity index (χ0n) is 10.8. The summed E-state index contributed by atoms with van der Waals surface area (Å²) in [6.45, 7) is 1.67. The maximum absolute atomic E-state index is 10.7. The second-order valence-electron chi connectivity index (χ2n) is 4.11. The number of nitrogens with zero attached hydrogens (tertiary/aromatic N) is 2. The van der Waals surface area contributed by atoms with Crippen LogP contribution in [0.4, 0.5) is 0 Å². The first-order valence-electron chi connectivity index (χ1n) is 5.96. The number of esters is 1. The van der Waals surface area contributed by atoms with E-state index < -0.39 is 0 Å². The summed E-state index contributed by atoms with van der Waals surface area (Å²) in [6.07, 6.45) is 2.01. The fourth-order valence-corrected chi connectivity index (χ4v) is 1.95. The van der Waals surface area contributed by atoms with Crippen molar-refractivity contribution in [3.63, 3.8) is 0 Å². The summed E-state index contributed by atoms with van der Waals surface area (Å²) in [5.41, 5.74) is 2.40. The topological polar surface area (TPSA) is 52.1 Å². The van der Waals surface area contributed by atoms with Crippen molar-refractivity contribution in [2.45, 2.75) is 13.3 Å². The van der Waals surface area contributed by atoms with Crippen LogP contribution in [0, 0.1) is 0 Å². The molecule has 0 atom stereocenters. The number of carbonyl (C=O) groups is 1. The lowest BCUT2D eigenvalue weighted by Crippen LogP contribution is -2.04. The summed E-state index contributed by atoms with van der Waals surface area (Å²) in [5, 5.41) is 0.976. The Balaban J connectivity index is 2.16. The molecule has 0 unspecified atom stereocenters. The molecule has 0 fully saturated rings. The number of halogens is 2. The molecule has 0 radical (unpaired) electrons. The smallest absolute Gasteiger partial charge is 0.302 e. The van der Waals surface area contributed by atoms with E-state index in [4.69, 9.17) is 27.9 Å². The van der Waals surface area contributed by atoms with Crippen molar-refractivity contribution in [2.24, 2.45) is 0 Å². The summed E-state index contributed by atoms with van der Waals surface area (Å²) in [7, 11) is 0. The molecule has 0 aliphatic rings. The molecule has 0 amide bonds. The van der Waals surface area contributed by atoms with Crippen molar-refractivity contribution in [1.29, 1.82) is 0 Å². The van der Waals surface area contributed by atoms with Gasteiger partial charge in [0.2, 0.25) is 0 Å². The number of benzene rings is 1. The summed E-state index contributed by atoms with van der Waals surface area (Å²) < 4.78 is 4.89. The van der Waals surface area contributed by atoms with Gasteiger partial charge in [-0.3, -0.25) is 4.79 Å². The maximum atomic E-state index is 10.7. The highest BCUT2D eigenvalue weighted by Crippen LogP contribution is 2.27. The standard InChI is InChI=1S/C14H12Cl2N2O2/c1-9(19)20-5-4-11-7-14(18-8-17-11)10-2-3-12(15)13(16)6-10/h2-3,6-8H,4-5H2,1H3. The van der Waals surface area contributed by atoms with Crippen molar-refractivity contribution in [3.05, 3.63) is 46.3 Å². The Morgan fingerprint density at radius 1 is 1.20 bits per heavy atom. The van der Waals surface area contributed by atoms with Gasteiger partial charge in [-0.2, -0.15) is 0 Å². The van der Waals surface area contributed by atoms with Crippen LogP contribution >= 0.6 is 23.2 Å². The average Bonchev–Trinajstić information content (AvgIpc) is 2.42. The Hall–Kier alpha value is -1.65. The van der Waals surface area contributed by atoms with Crippen molar-refractivity contribution < 1.29 is 9.53 Å². The van der Waals surface area contributed by atoms with Gasteiger partial charge in [0.25, 0.3) is 0 Å². The molecule has 0 bridgehead atoms. The zero-order valence-corrected chi connectivity index (χ0v) is 12.3. The van der Waals surface area contributed by atoms with Gasteiger partial charge < -0.3 is 4.74 Å². The number of carbonyl (C=O) groups excluding carboxylic acids is 1. The fraction of sp³-hybridized carbons (Fsp3) is 0.214. The molecular formula is C14H12Cl2N2O2. The molecule has 1 aromatic heterocycles. The lowest BCUT2D eigenvalue weighted by molar-refractivity contribution is -0.140. The second-order valence-corrected chi connectivity index (χ2v) is 4.93. The fourth-order valence-electron chi connectivity index (χ4n) is 1.65. The van der Waals surface area contributed by atoms with E-state index in [1.54, 1.807) is 12.1 Å². The number of hydrogen-bond acceptors (Lipinski definition) is 4. The molecule has 6 heteroatoms. The largest absolute Gasteiger partial charge is 0.465 e. The summed E-state index contributed by atoms with van der Waals surface area (Å²) in [6, 6.07) is 7.15. The first-order chi connectivity index (χ1) is 9.56. The second kappa shape index (κ2) is 6.68. The van der Waals surface area contributed by atoms with Crippen LogP contribution in [0.25, 0.3) is 11.3 Å². The van der Waals surface area contributed by atoms with Gasteiger partial charge in [0.05, 0.1) is 22.3 Å². The van der Waals surface area contributed by atoms with E-state index in [0.29, 0.717) is 23.1 Å². The first-order valence-corrected chi connectivity index (χ1v) is 6.71. The Morgan fingerprint density at radius 2 is 2.00 bits per heavy atom. The molecule has 104 valence electrons. The van der Waals surface area contributed by atoms with Crippen LogP contribution in [0.2, 0.25) is 10.0 Å². The first kappa shape index (κ1) is 14.8. The van der Waals surface area contributed by atoms with Crippen LogP contribution in [0.1, 0.15) is 12.6 Å². The molecule has 2 rings (SSSR count). The molecule has 4 nitrogen and oxygen atoms in total. The van der Waals surface area contributed by atoms with Crippen molar-refractivity contribution in [2.75, 3.05) is 6.61 Å². The van der Waals surface area contributed by atoms with Gasteiger partial charge in [-0.25, -0.2) is 9.97 Å². The molecular weight excluding hydrogens is 299 g/mol. The van der Waals surface area contributed by atoms with Gasteiger partial charge in [0.1, 0.15) is 6.33 Å². The van der Waals surface area contributed by atoms with Crippen LogP contribution in [0.3, 0.4) is 0 Å². The Bertz CT molecular complexity index is 632. The van der Waals surface area contributed by atoms with Crippen molar-refractivity contribution >= 4 is 29.2 Å². The molecule has 20 heavy (non-hydrogen) atoms. The van der Waals surface area contributed by atoms with Crippen LogP contribution in [-0.4, -0.2) is 22.5 Å². The van der Waals surface area contributed by atoms with E-state index in [2.05, 4.69) is 9.97 Å². The van der Waals surface area contributed by atoms with Crippen molar-refractivity contribution in [3.8, 4) is 11.3 Å². The molecule has 1 heterocycles. The molecule has 0 aliphatic heterocycles. The van der Waals surface area contributed by atoms with Gasteiger partial charge in [0.15, 0.2) is 0 Å². The number of aromatic nitrogens is 2. The average molecular weight is 311 g/mol. The summed E-state index contributed by atoms with van der Waals surface area (Å²) in [4.78, 5) is 19.1. The normalized spacial score (nSPS) is 10.3. The Morgan fingerprint density at radius 3 is 2.70 bits per heavy atom. The van der Waals surface area contributed by atoms with Gasteiger partial charge in [-0.05, 0) is 18.2 Å². The summed E-state index contributed by atoms with van der Waals surface area (Å²) in [5.74, 6) is -0.302. The van der Waals surface area contributed by atoms with E-state index in [-0.39, 0.29) is 5.97 Å². The Labute approximate surface area is 126 Å². The highest BCUT2D eigenvalue weighted by atomic mass is 35.5. The van der Waals surface area contributed by atoms with Gasteiger partial charge in [0, 0.05) is 24.6 Å². The summed E-state index contributed by atoms with van der Waals surface area (Å²) >= 11 is 11.9. The number of ether oxygens (including phenoxy) is 1. The van der Waals surface area contributed by atoms with E-state index >= 15 is 0 Å². The van der Waals surface area contributed by atoms with E-state index in [1.165, 1.54) is 13.3 Å². The minimum atomic E-state index is -0.302. The lowest BCUT2D eigenvalue weighted by Gasteiger charge is -2.05. The van der Waals surface area contributed by atoms with Gasteiger partial charge >= 0.3 is 5.97 Å². The Kier molecular flexibility index (Phi) is 4.93. The van der Waals surface area contributed by atoms with Gasteiger partial charge in [-0.1, -0.05) is 29.3 Å². The molecule has 0 saturated heterocycles. The number of rotatable bonds is 4. The maximum Gasteiger partial charge on any atom is 0.302 e. The molecule has 2 aromatic rings. The lowest BCUT2D eigenvalue weighted by atomic mass is 10.1. The third-order valence-corrected chi connectivity index (χ3v) is 3.34. The van der Waals surface area contributed by atoms with Crippen LogP contribution in [0.5, 0.6) is 0 Å². The van der Waals surface area contributed by atoms with E-state index in [0.717, 1.165) is 17.0 Å². The highest BCUT2D eigenvalue weighted by molar-refractivity contribution is 6.42. The monoisotopic (exact) mass is 310 g/mol. The third-order valence-electron chi connectivity index (χ3n) is 2.60. The molecule has 1 aromatic carbocycles. The minimum absolute atomic E-state index is 0.299. The van der Waals surface area contributed by atoms with Crippen LogP contribution < -0.4 is 0 Å². The number of hydrogen-bond donors (Lipinski definition) is 0. The van der Waals surface area contributed by atoms with Crippen LogP contribution in [-0.2, 0) is 16.0 Å². The SMILES string of the molecule is CC(=O)OCCc1cc(-c2ccc(Cl)c(Cl)c2)ncn1. The molecule has 0 saturated carbocycles.